The molecule has 0 spiro atoms. The molecule has 4 nitrogen and oxygen atoms in total. The van der Waals surface area contributed by atoms with Gasteiger partial charge >= 0.3 is 6.09 Å². The van der Waals surface area contributed by atoms with Crippen molar-refractivity contribution in [2.24, 2.45) is 0 Å². The number of carboxylic acid groups (broad SMARTS) is 1. The van der Waals surface area contributed by atoms with Gasteiger partial charge in [0, 0.05) is 11.9 Å². The Morgan fingerprint density at radius 2 is 2.67 bits per heavy atom. The zero-order valence-electron chi connectivity index (χ0n) is 5.09. The fraction of sp³-hybridized carbons (Fsp3) is 0.400. The molecular formula is C5H8N2O2. The highest BCUT2D eigenvalue weighted by Crippen LogP contribution is 2.01. The van der Waals surface area contributed by atoms with Crippen LogP contribution < -0.4 is 5.32 Å². The topological polar surface area (TPSA) is 52.6 Å². The summed E-state index contributed by atoms with van der Waals surface area (Å²) in [7, 11) is 0. The Labute approximate surface area is 52.8 Å². The van der Waals surface area contributed by atoms with E-state index in [9.17, 15) is 4.79 Å². The number of hydrogen-bond acceptors (Lipinski definition) is 2. The molecule has 0 aromatic heterocycles. The third-order valence-corrected chi connectivity index (χ3v) is 1.12. The smallest absolute Gasteiger partial charge is 0.412 e. The van der Waals surface area contributed by atoms with Crippen molar-refractivity contribution >= 4 is 6.09 Å². The van der Waals surface area contributed by atoms with Crippen molar-refractivity contribution in [1.82, 2.24) is 10.2 Å². The van der Waals surface area contributed by atoms with Crippen molar-refractivity contribution in [2.75, 3.05) is 6.67 Å². The largest absolute Gasteiger partial charge is 0.465 e. The number of nitrogens with zero attached hydrogens (tertiary/aromatic N) is 1. The average molecular weight is 128 g/mol. The van der Waals surface area contributed by atoms with Gasteiger partial charge in [-0.2, -0.15) is 0 Å². The Balaban J connectivity index is 2.57. The van der Waals surface area contributed by atoms with E-state index in [1.54, 1.807) is 6.20 Å². The maximum Gasteiger partial charge on any atom is 0.412 e. The van der Waals surface area contributed by atoms with Crippen LogP contribution in [0.25, 0.3) is 0 Å². The zero-order chi connectivity index (χ0) is 6.85. The molecule has 0 saturated heterocycles. The second-order valence-corrected chi connectivity index (χ2v) is 1.90. The highest BCUT2D eigenvalue weighted by molar-refractivity contribution is 5.66. The van der Waals surface area contributed by atoms with Gasteiger partial charge in [-0.1, -0.05) is 0 Å². The molecule has 1 heterocycles. The van der Waals surface area contributed by atoms with Crippen LogP contribution in [0.1, 0.15) is 6.92 Å². The highest BCUT2D eigenvalue weighted by Gasteiger charge is 2.12. The minimum atomic E-state index is -0.917. The minimum absolute atomic E-state index is 0.376. The van der Waals surface area contributed by atoms with Gasteiger partial charge in [0.1, 0.15) is 0 Å². The maximum absolute atomic E-state index is 10.2. The van der Waals surface area contributed by atoms with Crippen LogP contribution in [0.5, 0.6) is 0 Å². The van der Waals surface area contributed by atoms with Crippen LogP contribution in [0.15, 0.2) is 11.9 Å². The third kappa shape index (κ3) is 1.13. The molecule has 0 aromatic rings. The lowest BCUT2D eigenvalue weighted by molar-refractivity contribution is 0.165. The molecule has 1 amide bonds. The summed E-state index contributed by atoms with van der Waals surface area (Å²) < 4.78 is 0. The number of amides is 1. The molecule has 9 heavy (non-hydrogen) atoms. The molecule has 0 saturated carbocycles. The van der Waals surface area contributed by atoms with E-state index in [0.717, 1.165) is 5.70 Å². The first-order chi connectivity index (χ1) is 4.20. The van der Waals surface area contributed by atoms with Gasteiger partial charge in [-0.25, -0.2) is 4.79 Å². The summed E-state index contributed by atoms with van der Waals surface area (Å²) in [5.74, 6) is 0. The average Bonchev–Trinajstić information content (AvgIpc) is 2.14. The standard InChI is InChI=1S/C5H8N2O2/c1-4-2-7(3-6-4)5(8)9/h2,6H,3H2,1H3,(H,8,9). The molecule has 1 rings (SSSR count). The molecule has 0 unspecified atom stereocenters. The van der Waals surface area contributed by atoms with Crippen LogP contribution in [0.3, 0.4) is 0 Å². The van der Waals surface area contributed by atoms with E-state index < -0.39 is 6.09 Å². The van der Waals surface area contributed by atoms with E-state index in [4.69, 9.17) is 5.11 Å². The summed E-state index contributed by atoms with van der Waals surface area (Å²) >= 11 is 0. The Morgan fingerprint density at radius 1 is 2.00 bits per heavy atom. The molecule has 0 fully saturated rings. The summed E-state index contributed by atoms with van der Waals surface area (Å²) in [4.78, 5) is 11.4. The summed E-state index contributed by atoms with van der Waals surface area (Å²) in [5.41, 5.74) is 0.886. The van der Waals surface area contributed by atoms with E-state index >= 15 is 0 Å². The lowest BCUT2D eigenvalue weighted by Crippen LogP contribution is -2.25. The zero-order valence-corrected chi connectivity index (χ0v) is 5.09. The minimum Gasteiger partial charge on any atom is -0.465 e. The van der Waals surface area contributed by atoms with E-state index in [2.05, 4.69) is 5.32 Å². The summed E-state index contributed by atoms with van der Waals surface area (Å²) in [6.07, 6.45) is 0.641. The van der Waals surface area contributed by atoms with Crippen LogP contribution in [-0.4, -0.2) is 22.8 Å². The lowest BCUT2D eigenvalue weighted by atomic mass is 10.6. The molecule has 1 aliphatic heterocycles. The van der Waals surface area contributed by atoms with Gasteiger partial charge in [-0.3, -0.25) is 4.90 Å². The van der Waals surface area contributed by atoms with Gasteiger partial charge in [0.2, 0.25) is 0 Å². The number of nitrogens with one attached hydrogen (secondary N) is 1. The molecule has 0 aliphatic carbocycles. The van der Waals surface area contributed by atoms with Crippen molar-refractivity contribution in [1.29, 1.82) is 0 Å². The predicted octanol–water partition coefficient (Wildman–Crippen LogP) is 0.388. The molecule has 1 aliphatic rings. The van der Waals surface area contributed by atoms with Crippen molar-refractivity contribution < 1.29 is 9.90 Å². The number of carbonyl (C=O) groups is 1. The number of hydrogen-bond donors (Lipinski definition) is 2. The number of rotatable bonds is 0. The van der Waals surface area contributed by atoms with E-state index in [0.29, 0.717) is 6.67 Å². The van der Waals surface area contributed by atoms with Gasteiger partial charge < -0.3 is 10.4 Å². The monoisotopic (exact) mass is 128 g/mol. The van der Waals surface area contributed by atoms with Crippen LogP contribution in [0.2, 0.25) is 0 Å². The summed E-state index contributed by atoms with van der Waals surface area (Å²) in [6, 6.07) is 0. The molecule has 0 atom stereocenters. The molecule has 2 N–H and O–H groups in total. The second kappa shape index (κ2) is 1.97. The molecule has 50 valence electrons. The van der Waals surface area contributed by atoms with Gasteiger partial charge in [-0.15, -0.1) is 0 Å². The predicted molar refractivity (Wildman–Crippen MR) is 31.6 cm³/mol. The van der Waals surface area contributed by atoms with Gasteiger partial charge in [0.15, 0.2) is 0 Å². The Kier molecular flexibility index (Phi) is 1.30. The van der Waals surface area contributed by atoms with Crippen LogP contribution in [0.4, 0.5) is 4.79 Å². The molecule has 0 radical (unpaired) electrons. The van der Waals surface area contributed by atoms with Crippen LogP contribution in [-0.2, 0) is 0 Å². The first-order valence-corrected chi connectivity index (χ1v) is 2.62. The van der Waals surface area contributed by atoms with E-state index in [1.807, 2.05) is 6.92 Å². The lowest BCUT2D eigenvalue weighted by Gasteiger charge is -2.04. The van der Waals surface area contributed by atoms with Crippen molar-refractivity contribution in [3.63, 3.8) is 0 Å². The Bertz CT molecular complexity index is 164. The van der Waals surface area contributed by atoms with Crippen LogP contribution in [0, 0.1) is 0 Å². The van der Waals surface area contributed by atoms with Gasteiger partial charge in [0.05, 0.1) is 6.67 Å². The summed E-state index contributed by atoms with van der Waals surface area (Å²) in [6.45, 7) is 2.20. The fourth-order valence-electron chi connectivity index (χ4n) is 0.658. The van der Waals surface area contributed by atoms with E-state index in [-0.39, 0.29) is 0 Å². The molecule has 0 bridgehead atoms. The molecular weight excluding hydrogens is 120 g/mol. The quantitative estimate of drug-likeness (QED) is 0.496. The maximum atomic E-state index is 10.2. The molecule has 0 aromatic carbocycles. The van der Waals surface area contributed by atoms with Crippen LogP contribution >= 0.6 is 0 Å². The Hall–Kier alpha value is -1.19. The van der Waals surface area contributed by atoms with Gasteiger partial charge in [-0.05, 0) is 6.92 Å². The second-order valence-electron chi connectivity index (χ2n) is 1.90. The van der Waals surface area contributed by atoms with Crippen molar-refractivity contribution in [3.05, 3.63) is 11.9 Å². The first kappa shape index (κ1) is 5.94. The first-order valence-electron chi connectivity index (χ1n) is 2.62. The highest BCUT2D eigenvalue weighted by atomic mass is 16.4. The number of allylic oxidation sites excluding steroid dienone is 1. The van der Waals surface area contributed by atoms with Crippen molar-refractivity contribution in [3.8, 4) is 0 Å². The molecule has 4 heteroatoms. The Morgan fingerprint density at radius 3 is 2.89 bits per heavy atom. The SMILES string of the molecule is CC1=CN(C(=O)O)CN1. The summed E-state index contributed by atoms with van der Waals surface area (Å²) in [5, 5.41) is 11.2. The van der Waals surface area contributed by atoms with E-state index in [1.165, 1.54) is 4.90 Å². The fourth-order valence-corrected chi connectivity index (χ4v) is 0.658. The van der Waals surface area contributed by atoms with Crippen molar-refractivity contribution in [2.45, 2.75) is 6.92 Å². The third-order valence-electron chi connectivity index (χ3n) is 1.12. The normalized spacial score (nSPS) is 17.0. The van der Waals surface area contributed by atoms with Gasteiger partial charge in [0.25, 0.3) is 0 Å².